The number of aliphatic hydroxyl groups is 1. The molecule has 0 spiro atoms. The van der Waals surface area contributed by atoms with Gasteiger partial charge >= 0.3 is 0 Å². The average Bonchev–Trinajstić information content (AvgIpc) is 2.70. The molecule has 1 saturated heterocycles. The van der Waals surface area contributed by atoms with Crippen molar-refractivity contribution >= 4 is 5.91 Å². The van der Waals surface area contributed by atoms with Crippen LogP contribution in [0.1, 0.15) is 17.5 Å². The van der Waals surface area contributed by atoms with Crippen molar-refractivity contribution in [3.05, 3.63) is 35.4 Å². The number of hydrogen-bond acceptors (Lipinski definition) is 3. The normalized spacial score (nSPS) is 20.0. The summed E-state index contributed by atoms with van der Waals surface area (Å²) >= 11 is 0. The molecule has 0 radical (unpaired) electrons. The van der Waals surface area contributed by atoms with E-state index in [1.807, 2.05) is 24.3 Å². The van der Waals surface area contributed by atoms with Gasteiger partial charge in [0.2, 0.25) is 5.91 Å². The van der Waals surface area contributed by atoms with Crippen LogP contribution in [0.3, 0.4) is 0 Å². The van der Waals surface area contributed by atoms with Crippen LogP contribution in [0.25, 0.3) is 0 Å². The molecule has 92 valence electrons. The predicted molar refractivity (Wildman–Crippen MR) is 64.9 cm³/mol. The fraction of sp³-hybridized carbons (Fsp3) is 0.462. The van der Waals surface area contributed by atoms with Crippen molar-refractivity contribution in [2.24, 2.45) is 11.7 Å². The van der Waals surface area contributed by atoms with E-state index in [9.17, 15) is 4.79 Å². The van der Waals surface area contributed by atoms with Gasteiger partial charge in [-0.2, -0.15) is 0 Å². The zero-order valence-electron chi connectivity index (χ0n) is 9.80. The number of aliphatic hydroxyl groups excluding tert-OH is 1. The molecule has 1 aliphatic heterocycles. The van der Waals surface area contributed by atoms with Crippen LogP contribution in [0.2, 0.25) is 0 Å². The Hall–Kier alpha value is -1.39. The summed E-state index contributed by atoms with van der Waals surface area (Å²) in [5, 5.41) is 9.05. The van der Waals surface area contributed by atoms with Crippen LogP contribution in [0, 0.1) is 5.92 Å². The average molecular weight is 234 g/mol. The van der Waals surface area contributed by atoms with E-state index in [0.717, 1.165) is 11.1 Å². The monoisotopic (exact) mass is 234 g/mol. The summed E-state index contributed by atoms with van der Waals surface area (Å²) in [5.74, 6) is 0.224. The molecule has 2 rings (SSSR count). The standard InChI is InChI=1S/C13H18N2O2/c14-6-10-2-1-3-11(4-10)7-15-8-12(9-16)5-13(15)17/h1-4,12,16H,5-9,14H2. The number of hydrogen-bond donors (Lipinski definition) is 2. The molecule has 4 nitrogen and oxygen atoms in total. The van der Waals surface area contributed by atoms with Gasteiger partial charge in [0.1, 0.15) is 0 Å². The summed E-state index contributed by atoms with van der Waals surface area (Å²) in [6.45, 7) is 1.87. The SMILES string of the molecule is NCc1cccc(CN2CC(CO)CC2=O)c1. The molecule has 0 saturated carbocycles. The predicted octanol–water partition coefficient (Wildman–Crippen LogP) is 0.486. The molecule has 1 aromatic carbocycles. The number of nitrogens with zero attached hydrogens (tertiary/aromatic N) is 1. The minimum Gasteiger partial charge on any atom is -0.396 e. The summed E-state index contributed by atoms with van der Waals surface area (Å²) in [6, 6.07) is 7.96. The molecular formula is C13H18N2O2. The molecule has 1 unspecified atom stereocenters. The third-order valence-corrected chi connectivity index (χ3v) is 3.15. The first-order valence-corrected chi connectivity index (χ1v) is 5.89. The molecule has 1 atom stereocenters. The first kappa shape index (κ1) is 12.1. The van der Waals surface area contributed by atoms with Crippen molar-refractivity contribution in [2.75, 3.05) is 13.2 Å². The van der Waals surface area contributed by atoms with Gasteiger partial charge in [-0.3, -0.25) is 4.79 Å². The number of amides is 1. The van der Waals surface area contributed by atoms with Gasteiger partial charge in [0.15, 0.2) is 0 Å². The zero-order chi connectivity index (χ0) is 12.3. The smallest absolute Gasteiger partial charge is 0.223 e. The minimum absolute atomic E-state index is 0.0884. The Balaban J connectivity index is 2.03. The fourth-order valence-electron chi connectivity index (χ4n) is 2.20. The lowest BCUT2D eigenvalue weighted by atomic mass is 10.1. The van der Waals surface area contributed by atoms with E-state index in [1.165, 1.54) is 0 Å². The maximum Gasteiger partial charge on any atom is 0.223 e. The highest BCUT2D eigenvalue weighted by molar-refractivity contribution is 5.78. The quantitative estimate of drug-likeness (QED) is 0.796. The second-order valence-electron chi connectivity index (χ2n) is 4.55. The minimum atomic E-state index is 0.0884. The van der Waals surface area contributed by atoms with Crippen LogP contribution in [0.15, 0.2) is 24.3 Å². The van der Waals surface area contributed by atoms with Crippen LogP contribution in [0.4, 0.5) is 0 Å². The van der Waals surface area contributed by atoms with Gasteiger partial charge in [0, 0.05) is 38.6 Å². The van der Waals surface area contributed by atoms with Gasteiger partial charge in [-0.25, -0.2) is 0 Å². The van der Waals surface area contributed by atoms with Crippen LogP contribution < -0.4 is 5.73 Å². The maximum atomic E-state index is 11.7. The Morgan fingerprint density at radius 1 is 1.41 bits per heavy atom. The fourth-order valence-corrected chi connectivity index (χ4v) is 2.20. The van der Waals surface area contributed by atoms with Crippen LogP contribution in [-0.2, 0) is 17.9 Å². The number of benzene rings is 1. The lowest BCUT2D eigenvalue weighted by Gasteiger charge is -2.16. The summed E-state index contributed by atoms with van der Waals surface area (Å²) in [5.41, 5.74) is 7.76. The van der Waals surface area contributed by atoms with E-state index in [0.29, 0.717) is 26.1 Å². The molecule has 1 aliphatic rings. The molecular weight excluding hydrogens is 216 g/mol. The van der Waals surface area contributed by atoms with Crippen molar-refractivity contribution in [3.8, 4) is 0 Å². The topological polar surface area (TPSA) is 66.6 Å². The highest BCUT2D eigenvalue weighted by atomic mass is 16.3. The third kappa shape index (κ3) is 2.84. The first-order valence-electron chi connectivity index (χ1n) is 5.89. The van der Waals surface area contributed by atoms with Gasteiger partial charge < -0.3 is 15.7 Å². The summed E-state index contributed by atoms with van der Waals surface area (Å²) in [4.78, 5) is 13.5. The van der Waals surface area contributed by atoms with Crippen molar-refractivity contribution in [1.29, 1.82) is 0 Å². The van der Waals surface area contributed by atoms with Gasteiger partial charge in [0.05, 0.1) is 0 Å². The van der Waals surface area contributed by atoms with E-state index in [2.05, 4.69) is 0 Å². The van der Waals surface area contributed by atoms with E-state index in [-0.39, 0.29) is 18.4 Å². The maximum absolute atomic E-state index is 11.7. The lowest BCUT2D eigenvalue weighted by Crippen LogP contribution is -2.25. The van der Waals surface area contributed by atoms with Crippen LogP contribution in [-0.4, -0.2) is 29.1 Å². The second-order valence-corrected chi connectivity index (χ2v) is 4.55. The molecule has 0 bridgehead atoms. The summed E-state index contributed by atoms with van der Waals surface area (Å²) in [6.07, 6.45) is 0.465. The number of nitrogens with two attached hydrogens (primary N) is 1. The van der Waals surface area contributed by atoms with Gasteiger partial charge in [0.25, 0.3) is 0 Å². The Bertz CT molecular complexity index is 406. The molecule has 1 amide bonds. The molecule has 1 heterocycles. The zero-order valence-corrected chi connectivity index (χ0v) is 9.80. The van der Waals surface area contributed by atoms with Gasteiger partial charge in [-0.05, 0) is 11.1 Å². The Kier molecular flexibility index (Phi) is 3.76. The first-order chi connectivity index (χ1) is 8.22. The van der Waals surface area contributed by atoms with E-state index >= 15 is 0 Å². The molecule has 3 N–H and O–H groups in total. The van der Waals surface area contributed by atoms with E-state index < -0.39 is 0 Å². The number of rotatable bonds is 4. The van der Waals surface area contributed by atoms with Crippen molar-refractivity contribution in [2.45, 2.75) is 19.5 Å². The molecule has 1 aromatic rings. The number of carbonyl (C=O) groups excluding carboxylic acids is 1. The third-order valence-electron chi connectivity index (χ3n) is 3.15. The van der Waals surface area contributed by atoms with E-state index in [1.54, 1.807) is 4.90 Å². The second kappa shape index (κ2) is 5.29. The number of likely N-dealkylation sites (tertiary alicyclic amines) is 1. The largest absolute Gasteiger partial charge is 0.396 e. The van der Waals surface area contributed by atoms with Gasteiger partial charge in [-0.15, -0.1) is 0 Å². The Morgan fingerprint density at radius 3 is 2.82 bits per heavy atom. The molecule has 1 fully saturated rings. The van der Waals surface area contributed by atoms with E-state index in [4.69, 9.17) is 10.8 Å². The van der Waals surface area contributed by atoms with Crippen molar-refractivity contribution in [3.63, 3.8) is 0 Å². The summed E-state index contributed by atoms with van der Waals surface area (Å²) < 4.78 is 0. The molecule has 4 heteroatoms. The molecule has 0 aromatic heterocycles. The number of carbonyl (C=O) groups is 1. The van der Waals surface area contributed by atoms with Crippen molar-refractivity contribution < 1.29 is 9.90 Å². The Labute approximate surface area is 101 Å². The van der Waals surface area contributed by atoms with Crippen molar-refractivity contribution in [1.82, 2.24) is 4.90 Å². The van der Waals surface area contributed by atoms with Gasteiger partial charge in [-0.1, -0.05) is 24.3 Å². The summed E-state index contributed by atoms with van der Waals surface area (Å²) in [7, 11) is 0. The lowest BCUT2D eigenvalue weighted by molar-refractivity contribution is -0.128. The molecule has 17 heavy (non-hydrogen) atoms. The molecule has 0 aliphatic carbocycles. The highest BCUT2D eigenvalue weighted by Gasteiger charge is 2.28. The van der Waals surface area contributed by atoms with Crippen LogP contribution >= 0.6 is 0 Å². The highest BCUT2D eigenvalue weighted by Crippen LogP contribution is 2.19. The Morgan fingerprint density at radius 2 is 2.18 bits per heavy atom. The van der Waals surface area contributed by atoms with Crippen LogP contribution in [0.5, 0.6) is 0 Å².